The van der Waals surface area contributed by atoms with Crippen molar-refractivity contribution in [3.05, 3.63) is 0 Å². The number of unbranched alkanes of at least 4 members (excludes halogenated alkanes) is 11. The van der Waals surface area contributed by atoms with Crippen molar-refractivity contribution in [1.82, 2.24) is 0 Å². The third-order valence-electron chi connectivity index (χ3n) is 4.82. The van der Waals surface area contributed by atoms with Gasteiger partial charge in [0.15, 0.2) is 0 Å². The lowest BCUT2D eigenvalue weighted by atomic mass is 10.1. The fourth-order valence-corrected chi connectivity index (χ4v) is 3.73. The molecule has 0 aliphatic rings. The summed E-state index contributed by atoms with van der Waals surface area (Å²) in [6.45, 7) is 4.16. The second-order valence-electron chi connectivity index (χ2n) is 7.99. The summed E-state index contributed by atoms with van der Waals surface area (Å²) in [5.74, 6) is 0. The molecule has 146 valence electrons. The Hall–Kier alpha value is 0.110. The van der Waals surface area contributed by atoms with E-state index in [2.05, 4.69) is 21.0 Å². The lowest BCUT2D eigenvalue weighted by Gasteiger charge is -2.30. The van der Waals surface area contributed by atoms with Gasteiger partial charge >= 0.3 is 0 Å². The van der Waals surface area contributed by atoms with E-state index in [0.29, 0.717) is 6.42 Å². The zero-order valence-corrected chi connectivity index (χ0v) is 17.4. The lowest BCUT2D eigenvalue weighted by molar-refractivity contribution is -0.890. The molecule has 1 N–H and O–H groups in total. The van der Waals surface area contributed by atoms with Gasteiger partial charge in [-0.25, -0.2) is 0 Å². The van der Waals surface area contributed by atoms with Crippen molar-refractivity contribution in [1.29, 1.82) is 0 Å². The van der Waals surface area contributed by atoms with E-state index in [4.69, 9.17) is 4.89 Å². The minimum Gasteiger partial charge on any atom is -0.779 e. The molecule has 0 heterocycles. The summed E-state index contributed by atoms with van der Waals surface area (Å²) in [6, 6.07) is 0. The van der Waals surface area contributed by atoms with Crippen molar-refractivity contribution < 1.29 is 18.8 Å². The van der Waals surface area contributed by atoms with E-state index in [-0.39, 0.29) is 6.16 Å². The molecule has 4 nitrogen and oxygen atoms in total. The largest absolute Gasteiger partial charge is 0.779 e. The molecule has 0 bridgehead atoms. The molecule has 0 saturated heterocycles. The first-order valence-electron chi connectivity index (χ1n) is 10.1. The molecule has 0 rings (SSSR count). The van der Waals surface area contributed by atoms with Crippen LogP contribution in [0.3, 0.4) is 0 Å². The first kappa shape index (κ1) is 24.1. The Bertz CT molecular complexity index is 329. The molecule has 0 amide bonds. The molecule has 0 aromatic heterocycles. The van der Waals surface area contributed by atoms with Crippen LogP contribution in [-0.2, 0) is 4.57 Å². The highest BCUT2D eigenvalue weighted by Crippen LogP contribution is 2.29. The maximum absolute atomic E-state index is 10.8. The van der Waals surface area contributed by atoms with Crippen molar-refractivity contribution >= 4 is 7.60 Å². The van der Waals surface area contributed by atoms with Crippen LogP contribution in [-0.4, -0.2) is 42.7 Å². The molecule has 0 spiro atoms. The topological polar surface area (TPSA) is 60.4 Å². The van der Waals surface area contributed by atoms with Gasteiger partial charge in [0, 0.05) is 12.6 Å². The Morgan fingerprint density at radius 2 is 1.12 bits per heavy atom. The van der Waals surface area contributed by atoms with Gasteiger partial charge in [-0.05, 0) is 12.8 Å². The van der Waals surface area contributed by atoms with Gasteiger partial charge < -0.3 is 18.8 Å². The molecule has 1 atom stereocenters. The zero-order valence-electron chi connectivity index (χ0n) is 16.5. The van der Waals surface area contributed by atoms with Crippen LogP contribution in [0.2, 0.25) is 0 Å². The maximum atomic E-state index is 10.8. The van der Waals surface area contributed by atoms with E-state index in [1.807, 2.05) is 0 Å². The molecular formula is C19H42NO3P. The summed E-state index contributed by atoms with van der Waals surface area (Å²) in [7, 11) is 0.219. The second-order valence-corrected chi connectivity index (χ2v) is 9.71. The van der Waals surface area contributed by atoms with E-state index >= 15 is 0 Å². The number of nitrogens with zero attached hydrogens (tertiary/aromatic N) is 1. The van der Waals surface area contributed by atoms with Gasteiger partial charge in [-0.15, -0.1) is 0 Å². The van der Waals surface area contributed by atoms with E-state index in [1.54, 1.807) is 0 Å². The summed E-state index contributed by atoms with van der Waals surface area (Å²) < 4.78 is 11.6. The van der Waals surface area contributed by atoms with Gasteiger partial charge in [0.05, 0.1) is 27.2 Å². The van der Waals surface area contributed by atoms with Crippen LogP contribution in [0.25, 0.3) is 0 Å². The van der Waals surface area contributed by atoms with Crippen LogP contribution >= 0.6 is 7.60 Å². The third kappa shape index (κ3) is 18.4. The third-order valence-corrected chi connectivity index (χ3v) is 5.70. The van der Waals surface area contributed by atoms with Crippen molar-refractivity contribution in [3.63, 3.8) is 0 Å². The van der Waals surface area contributed by atoms with Crippen molar-refractivity contribution in [3.8, 4) is 0 Å². The molecule has 0 aromatic rings. The van der Waals surface area contributed by atoms with Crippen molar-refractivity contribution in [2.75, 3.05) is 33.3 Å². The van der Waals surface area contributed by atoms with E-state index in [1.165, 1.54) is 77.0 Å². The standard InChI is InChI=1S/C19H42NO3P/c1-4-5-6-7-8-9-10-11-12-13-14-15-17-20(2,3)18-16-19-24(21,22)23/h4-19H2,1-3H3,(H-,21,22,23). The molecule has 0 aromatic carbocycles. The second kappa shape index (κ2) is 14.3. The normalized spacial score (nSPS) is 14.7. The van der Waals surface area contributed by atoms with Crippen LogP contribution in [0.1, 0.15) is 90.4 Å². The van der Waals surface area contributed by atoms with Crippen LogP contribution in [0.15, 0.2) is 0 Å². The molecule has 0 saturated carbocycles. The Morgan fingerprint density at radius 1 is 0.750 bits per heavy atom. The molecule has 1 unspecified atom stereocenters. The molecule has 0 aliphatic carbocycles. The Labute approximate surface area is 150 Å². The highest BCUT2D eigenvalue weighted by Gasteiger charge is 2.15. The molecule has 0 fully saturated rings. The summed E-state index contributed by atoms with van der Waals surface area (Å²) in [6.07, 6.45) is 16.7. The monoisotopic (exact) mass is 363 g/mol. The number of rotatable bonds is 17. The van der Waals surface area contributed by atoms with E-state index < -0.39 is 7.60 Å². The predicted octanol–water partition coefficient (Wildman–Crippen LogP) is 4.70. The Morgan fingerprint density at radius 3 is 1.54 bits per heavy atom. The van der Waals surface area contributed by atoms with E-state index in [9.17, 15) is 9.46 Å². The summed E-state index contributed by atoms with van der Waals surface area (Å²) in [5.41, 5.74) is 0. The van der Waals surface area contributed by atoms with E-state index in [0.717, 1.165) is 17.6 Å². The maximum Gasteiger partial charge on any atom is 0.132 e. The Kier molecular flexibility index (Phi) is 14.4. The van der Waals surface area contributed by atoms with Gasteiger partial charge in [0.2, 0.25) is 0 Å². The van der Waals surface area contributed by atoms with Crippen molar-refractivity contribution in [2.45, 2.75) is 90.4 Å². The fraction of sp³-hybridized carbons (Fsp3) is 1.00. The van der Waals surface area contributed by atoms with Gasteiger partial charge in [0.1, 0.15) is 7.60 Å². The van der Waals surface area contributed by atoms with Gasteiger partial charge in [-0.3, -0.25) is 0 Å². The summed E-state index contributed by atoms with van der Waals surface area (Å²) in [5, 5.41) is 0. The predicted molar refractivity (Wildman–Crippen MR) is 102 cm³/mol. The van der Waals surface area contributed by atoms with Gasteiger partial charge in [0.25, 0.3) is 0 Å². The average molecular weight is 364 g/mol. The number of hydrogen-bond donors (Lipinski definition) is 1. The smallest absolute Gasteiger partial charge is 0.132 e. The van der Waals surface area contributed by atoms with Crippen LogP contribution in [0.5, 0.6) is 0 Å². The first-order chi connectivity index (χ1) is 11.3. The quantitative estimate of drug-likeness (QED) is 0.231. The molecular weight excluding hydrogens is 321 g/mol. The van der Waals surface area contributed by atoms with Gasteiger partial charge in [-0.2, -0.15) is 0 Å². The molecule has 0 aliphatic heterocycles. The number of quaternary nitrogens is 1. The average Bonchev–Trinajstić information content (AvgIpc) is 2.46. The van der Waals surface area contributed by atoms with Crippen LogP contribution in [0.4, 0.5) is 0 Å². The first-order valence-corrected chi connectivity index (χ1v) is 11.9. The van der Waals surface area contributed by atoms with Crippen LogP contribution in [0, 0.1) is 0 Å². The van der Waals surface area contributed by atoms with Crippen molar-refractivity contribution in [2.24, 2.45) is 0 Å². The molecule has 24 heavy (non-hydrogen) atoms. The summed E-state index contributed by atoms with van der Waals surface area (Å²) >= 11 is 0. The minimum absolute atomic E-state index is 0.0902. The van der Waals surface area contributed by atoms with Crippen LogP contribution < -0.4 is 4.89 Å². The zero-order chi connectivity index (χ0) is 18.3. The number of hydrogen-bond acceptors (Lipinski definition) is 2. The molecule has 0 radical (unpaired) electrons. The fourth-order valence-electron chi connectivity index (χ4n) is 3.19. The Balaban J connectivity index is 3.37. The van der Waals surface area contributed by atoms with Gasteiger partial charge in [-0.1, -0.05) is 71.1 Å². The SMILES string of the molecule is CCCCCCCCCCCCCC[N+](C)(C)CCCP(=O)([O-])O. The molecule has 5 heteroatoms. The highest BCUT2D eigenvalue weighted by molar-refractivity contribution is 7.50. The summed E-state index contributed by atoms with van der Waals surface area (Å²) in [4.78, 5) is 19.6. The lowest BCUT2D eigenvalue weighted by Crippen LogP contribution is -2.41. The minimum atomic E-state index is -4.07. The highest BCUT2D eigenvalue weighted by atomic mass is 31.2.